The van der Waals surface area contributed by atoms with Crippen LogP contribution in [0, 0.1) is 6.92 Å². The number of esters is 2. The molecular formula is C39H65N3O4. The lowest BCUT2D eigenvalue weighted by Crippen LogP contribution is -2.28. The number of unbranched alkanes of at least 4 members (excludes halogenated alkanes) is 6. The van der Waals surface area contributed by atoms with Crippen LogP contribution < -0.4 is 0 Å². The molecule has 0 aliphatic heterocycles. The molecule has 1 aromatic rings. The Kier molecular flexibility index (Phi) is 23.4. The lowest BCUT2D eigenvalue weighted by molar-refractivity contribution is -0.138. The first kappa shape index (κ1) is 41.1. The van der Waals surface area contributed by atoms with Gasteiger partial charge in [-0.15, -0.1) is 0 Å². The highest BCUT2D eigenvalue weighted by Gasteiger charge is 2.07. The molecule has 1 heterocycles. The normalized spacial score (nSPS) is 11.9. The molecule has 0 N–H and O–H groups in total. The molecule has 0 aliphatic carbocycles. The maximum Gasteiger partial charge on any atom is 0.330 e. The van der Waals surface area contributed by atoms with Crippen LogP contribution in [0.5, 0.6) is 0 Å². The average molecular weight is 640 g/mol. The van der Waals surface area contributed by atoms with Crippen molar-refractivity contribution in [2.24, 2.45) is 0 Å². The van der Waals surface area contributed by atoms with E-state index in [1.807, 2.05) is 20.0 Å². The molecule has 0 atom stereocenters. The Morgan fingerprint density at radius 2 is 1.15 bits per heavy atom. The van der Waals surface area contributed by atoms with Crippen LogP contribution in [0.1, 0.15) is 131 Å². The van der Waals surface area contributed by atoms with Gasteiger partial charge in [0.15, 0.2) is 0 Å². The summed E-state index contributed by atoms with van der Waals surface area (Å²) in [6, 6.07) is 0. The van der Waals surface area contributed by atoms with Crippen molar-refractivity contribution in [2.45, 2.75) is 138 Å². The third-order valence-electron chi connectivity index (χ3n) is 7.93. The van der Waals surface area contributed by atoms with Crippen LogP contribution in [0.15, 0.2) is 59.0 Å². The number of nitrogens with zero attached hydrogens (tertiary/aromatic N) is 3. The second-order valence-electron chi connectivity index (χ2n) is 13.1. The molecule has 1 rings (SSSR count). The number of carbonyl (C=O) groups excluding carboxylic acids is 2. The molecule has 1 aromatic heterocycles. The van der Waals surface area contributed by atoms with Crippen molar-refractivity contribution in [3.8, 4) is 0 Å². The van der Waals surface area contributed by atoms with Crippen molar-refractivity contribution in [3.63, 3.8) is 0 Å². The van der Waals surface area contributed by atoms with Crippen LogP contribution in [0.2, 0.25) is 0 Å². The molecule has 0 fully saturated rings. The zero-order valence-electron chi connectivity index (χ0n) is 30.4. The van der Waals surface area contributed by atoms with E-state index in [0.29, 0.717) is 13.2 Å². The summed E-state index contributed by atoms with van der Waals surface area (Å²) in [7, 11) is 0. The van der Waals surface area contributed by atoms with Crippen molar-refractivity contribution in [3.05, 3.63) is 64.8 Å². The van der Waals surface area contributed by atoms with E-state index in [4.69, 9.17) is 9.47 Å². The Balaban J connectivity index is 2.29. The zero-order valence-corrected chi connectivity index (χ0v) is 30.4. The van der Waals surface area contributed by atoms with Gasteiger partial charge in [-0.3, -0.25) is 0 Å². The van der Waals surface area contributed by atoms with Gasteiger partial charge in [0.05, 0.1) is 13.2 Å². The first-order valence-corrected chi connectivity index (χ1v) is 17.7. The van der Waals surface area contributed by atoms with Gasteiger partial charge in [0.1, 0.15) is 5.82 Å². The molecule has 0 radical (unpaired) electrons. The van der Waals surface area contributed by atoms with Gasteiger partial charge in [-0.25, -0.2) is 14.6 Å². The predicted molar refractivity (Wildman–Crippen MR) is 192 cm³/mol. The quantitative estimate of drug-likeness (QED) is 0.0435. The van der Waals surface area contributed by atoms with E-state index >= 15 is 0 Å². The summed E-state index contributed by atoms with van der Waals surface area (Å²) in [6.07, 6.45) is 25.0. The number of rotatable bonds is 26. The van der Waals surface area contributed by atoms with Gasteiger partial charge in [0, 0.05) is 31.1 Å². The summed E-state index contributed by atoms with van der Waals surface area (Å²) in [6.45, 7) is 19.6. The Hall–Kier alpha value is -2.93. The van der Waals surface area contributed by atoms with E-state index in [1.165, 1.54) is 11.1 Å². The molecule has 46 heavy (non-hydrogen) atoms. The van der Waals surface area contributed by atoms with Crippen LogP contribution in [-0.4, -0.2) is 59.2 Å². The SMILES string of the molecule is CC(C)=CCC/C(C)=C/C(=O)OCCCCCCN(CCCCCCOC(=O)/C=C(\C)CCC=C(C)C)CCCn1ccnc1C. The molecular weight excluding hydrogens is 574 g/mol. The van der Waals surface area contributed by atoms with Gasteiger partial charge >= 0.3 is 11.9 Å². The molecule has 0 spiro atoms. The van der Waals surface area contributed by atoms with E-state index in [1.54, 1.807) is 12.2 Å². The van der Waals surface area contributed by atoms with Gasteiger partial charge in [0.25, 0.3) is 0 Å². The highest BCUT2D eigenvalue weighted by molar-refractivity contribution is 5.83. The average Bonchev–Trinajstić information content (AvgIpc) is 3.39. The van der Waals surface area contributed by atoms with Crippen molar-refractivity contribution in [1.82, 2.24) is 14.5 Å². The Labute approximate surface area is 281 Å². The van der Waals surface area contributed by atoms with Gasteiger partial charge in [0.2, 0.25) is 0 Å². The van der Waals surface area contributed by atoms with Gasteiger partial charge < -0.3 is 18.9 Å². The predicted octanol–water partition coefficient (Wildman–Crippen LogP) is 9.48. The fourth-order valence-electron chi connectivity index (χ4n) is 5.17. The zero-order chi connectivity index (χ0) is 34.0. The summed E-state index contributed by atoms with van der Waals surface area (Å²) < 4.78 is 13.1. The highest BCUT2D eigenvalue weighted by Crippen LogP contribution is 2.11. The third kappa shape index (κ3) is 23.4. The summed E-state index contributed by atoms with van der Waals surface area (Å²) in [5.74, 6) is 0.631. The lowest BCUT2D eigenvalue weighted by atomic mass is 10.1. The minimum Gasteiger partial charge on any atom is -0.463 e. The molecule has 0 saturated heterocycles. The number of allylic oxidation sites excluding steroid dienone is 6. The van der Waals surface area contributed by atoms with Gasteiger partial charge in [-0.2, -0.15) is 0 Å². The minimum atomic E-state index is -0.218. The summed E-state index contributed by atoms with van der Waals surface area (Å²) in [4.78, 5) is 31.1. The molecule has 0 aliphatic rings. The fourth-order valence-corrected chi connectivity index (χ4v) is 5.17. The molecule has 7 nitrogen and oxygen atoms in total. The number of aryl methyl sites for hydroxylation is 2. The molecule has 7 heteroatoms. The van der Waals surface area contributed by atoms with E-state index in [9.17, 15) is 9.59 Å². The summed E-state index contributed by atoms with van der Waals surface area (Å²) in [5, 5.41) is 0. The third-order valence-corrected chi connectivity index (χ3v) is 7.93. The number of imidazole rings is 1. The molecule has 0 saturated carbocycles. The van der Waals surface area contributed by atoms with E-state index < -0.39 is 0 Å². The molecule has 0 unspecified atom stereocenters. The van der Waals surface area contributed by atoms with E-state index in [0.717, 1.165) is 127 Å². The molecule has 0 bridgehead atoms. The topological polar surface area (TPSA) is 73.7 Å². The molecule has 0 amide bonds. The maximum atomic E-state index is 12.1. The summed E-state index contributed by atoms with van der Waals surface area (Å²) >= 11 is 0. The van der Waals surface area contributed by atoms with Crippen molar-refractivity contribution in [2.75, 3.05) is 32.8 Å². The van der Waals surface area contributed by atoms with Crippen molar-refractivity contribution < 1.29 is 19.1 Å². The van der Waals surface area contributed by atoms with Crippen LogP contribution >= 0.6 is 0 Å². The largest absolute Gasteiger partial charge is 0.463 e. The van der Waals surface area contributed by atoms with Crippen LogP contribution in [-0.2, 0) is 25.6 Å². The van der Waals surface area contributed by atoms with Crippen LogP contribution in [0.3, 0.4) is 0 Å². The van der Waals surface area contributed by atoms with Crippen LogP contribution in [0.4, 0.5) is 0 Å². The number of hydrogen-bond donors (Lipinski definition) is 0. The second-order valence-corrected chi connectivity index (χ2v) is 13.1. The number of hydrogen-bond acceptors (Lipinski definition) is 6. The Morgan fingerprint density at radius 3 is 1.59 bits per heavy atom. The number of carbonyl (C=O) groups is 2. The molecule has 260 valence electrons. The number of aromatic nitrogens is 2. The minimum absolute atomic E-state index is 0.218. The van der Waals surface area contributed by atoms with Crippen molar-refractivity contribution in [1.29, 1.82) is 0 Å². The monoisotopic (exact) mass is 639 g/mol. The van der Waals surface area contributed by atoms with E-state index in [-0.39, 0.29) is 11.9 Å². The van der Waals surface area contributed by atoms with Gasteiger partial charge in [-0.1, -0.05) is 60.1 Å². The smallest absolute Gasteiger partial charge is 0.330 e. The first-order valence-electron chi connectivity index (χ1n) is 17.7. The Bertz CT molecular complexity index is 1040. The maximum absolute atomic E-state index is 12.1. The second kappa shape index (κ2) is 26.2. The van der Waals surface area contributed by atoms with Crippen LogP contribution in [0.25, 0.3) is 0 Å². The fraction of sp³-hybridized carbons (Fsp3) is 0.667. The summed E-state index contributed by atoms with van der Waals surface area (Å²) in [5.41, 5.74) is 4.75. The van der Waals surface area contributed by atoms with Crippen molar-refractivity contribution >= 4 is 11.9 Å². The molecule has 0 aromatic carbocycles. The standard InChI is InChI=1S/C39H65N3O4/c1-33(2)19-16-21-35(5)31-38(43)45-29-14-10-8-12-24-41(26-18-27-42-28-23-40-37(42)7)25-13-9-11-15-30-46-39(44)32-36(6)22-17-20-34(3)4/h19-20,23,28,31-32H,8-18,21-22,24-27,29-30H2,1-7H3/b35-31+,36-32+. The van der Waals surface area contributed by atoms with Gasteiger partial charge in [-0.05, 0) is 126 Å². The first-order chi connectivity index (χ1) is 22.1. The highest BCUT2D eigenvalue weighted by atomic mass is 16.5. The number of ether oxygens (including phenoxy) is 2. The van der Waals surface area contributed by atoms with E-state index in [2.05, 4.69) is 67.4 Å². The Morgan fingerprint density at radius 1 is 0.696 bits per heavy atom. The lowest BCUT2D eigenvalue weighted by Gasteiger charge is -2.22.